The van der Waals surface area contributed by atoms with Gasteiger partial charge in [0.25, 0.3) is 0 Å². The lowest BCUT2D eigenvalue weighted by Crippen LogP contribution is -2.26. The van der Waals surface area contributed by atoms with Gasteiger partial charge in [-0.3, -0.25) is 0 Å². The molecule has 0 amide bonds. The number of benzene rings is 2. The average molecular weight is 641 g/mol. The van der Waals surface area contributed by atoms with Crippen molar-refractivity contribution in [1.82, 2.24) is 0 Å². The van der Waals surface area contributed by atoms with Crippen molar-refractivity contribution in [2.24, 2.45) is 0 Å². The Hall–Kier alpha value is -5.52. The fourth-order valence-corrected chi connectivity index (χ4v) is 3.92. The zero-order chi connectivity index (χ0) is 34.6. The highest BCUT2D eigenvalue weighted by atomic mass is 19.2. The summed E-state index contributed by atoms with van der Waals surface area (Å²) in [6.45, 7) is 18.9. The van der Waals surface area contributed by atoms with Gasteiger partial charge in [-0.05, 0) is 45.9 Å². The van der Waals surface area contributed by atoms with Crippen molar-refractivity contribution in [3.63, 3.8) is 0 Å². The number of ether oxygens (including phenoxy) is 4. The normalized spacial score (nSPS) is 14.1. The number of allylic oxidation sites excluding steroid dienone is 1. The van der Waals surface area contributed by atoms with Gasteiger partial charge in [-0.1, -0.05) is 26.3 Å². The van der Waals surface area contributed by atoms with E-state index in [1.54, 1.807) is 0 Å². The predicted molar refractivity (Wildman–Crippen MR) is 159 cm³/mol. The lowest BCUT2D eigenvalue weighted by Gasteiger charge is -2.29. The van der Waals surface area contributed by atoms with Gasteiger partial charge >= 0.3 is 23.9 Å². The Morgan fingerprint density at radius 2 is 1.20 bits per heavy atom. The summed E-state index contributed by atoms with van der Waals surface area (Å²) in [5, 5.41) is 0. The average Bonchev–Trinajstić information content (AvgIpc) is 2.96. The fourth-order valence-electron chi connectivity index (χ4n) is 3.92. The van der Waals surface area contributed by atoms with Gasteiger partial charge in [-0.2, -0.15) is 4.39 Å². The summed E-state index contributed by atoms with van der Waals surface area (Å²) < 4.78 is 82.3. The van der Waals surface area contributed by atoms with E-state index in [2.05, 4.69) is 26.3 Å². The van der Waals surface area contributed by atoms with Crippen molar-refractivity contribution < 1.29 is 55.7 Å². The van der Waals surface area contributed by atoms with E-state index in [0.717, 1.165) is 18.2 Å². The lowest BCUT2D eigenvalue weighted by atomic mass is 9.85. The molecule has 0 heterocycles. The minimum atomic E-state index is -1.59. The first-order valence-electron chi connectivity index (χ1n) is 13.3. The van der Waals surface area contributed by atoms with Crippen LogP contribution in [0.5, 0.6) is 11.5 Å². The summed E-state index contributed by atoms with van der Waals surface area (Å²) in [5.74, 6) is -11.5. The molecule has 2 aromatic rings. The minimum absolute atomic E-state index is 0.0426. The highest BCUT2D eigenvalue weighted by Crippen LogP contribution is 2.42. The highest BCUT2D eigenvalue weighted by Gasteiger charge is 2.35. The topological polar surface area (TPSA) is 105 Å². The second kappa shape index (κ2) is 14.1. The molecule has 3 rings (SSSR count). The van der Waals surface area contributed by atoms with Crippen LogP contribution >= 0.6 is 0 Å². The molecule has 46 heavy (non-hydrogen) atoms. The molecular formula is C34H28F4O8. The Kier molecular flexibility index (Phi) is 10.7. The zero-order valence-corrected chi connectivity index (χ0v) is 25.3. The first-order valence-corrected chi connectivity index (χ1v) is 13.3. The molecule has 0 bridgehead atoms. The summed E-state index contributed by atoms with van der Waals surface area (Å²) >= 11 is 0. The van der Waals surface area contributed by atoms with E-state index < -0.39 is 88.1 Å². The number of hydrogen-bond donors (Lipinski definition) is 0. The molecular weight excluding hydrogens is 612 g/mol. The summed E-state index contributed by atoms with van der Waals surface area (Å²) in [6, 6.07) is 3.32. The summed E-state index contributed by atoms with van der Waals surface area (Å²) in [6.07, 6.45) is -1.26. The maximum atomic E-state index is 15.5. The first-order chi connectivity index (χ1) is 21.4. The summed E-state index contributed by atoms with van der Waals surface area (Å²) in [5.41, 5.74) is -2.30. The molecule has 0 fully saturated rings. The van der Waals surface area contributed by atoms with Crippen LogP contribution in [0.4, 0.5) is 17.6 Å². The number of esters is 4. The molecule has 1 unspecified atom stereocenters. The van der Waals surface area contributed by atoms with E-state index >= 15 is 17.6 Å². The van der Waals surface area contributed by atoms with Crippen LogP contribution in [-0.4, -0.2) is 30.0 Å². The fraction of sp³-hybridized carbons (Fsp3) is 0.176. The number of carbonyl (C=O) groups excluding carboxylic acids is 4. The molecule has 12 heteroatoms. The number of carbonyl (C=O) groups is 4. The van der Waals surface area contributed by atoms with Gasteiger partial charge in [-0.25, -0.2) is 32.3 Å². The molecule has 0 radical (unpaired) electrons. The molecule has 240 valence electrons. The van der Waals surface area contributed by atoms with E-state index in [1.807, 2.05) is 0 Å². The lowest BCUT2D eigenvalue weighted by molar-refractivity contribution is -0.141. The van der Waals surface area contributed by atoms with Gasteiger partial charge in [0.1, 0.15) is 29.2 Å². The Balaban J connectivity index is 2.30. The molecule has 0 spiro atoms. The highest BCUT2D eigenvalue weighted by molar-refractivity contribution is 5.93. The quantitative estimate of drug-likeness (QED) is 0.118. The van der Waals surface area contributed by atoms with Gasteiger partial charge in [0.15, 0.2) is 11.6 Å². The van der Waals surface area contributed by atoms with Crippen LogP contribution in [0.1, 0.15) is 45.2 Å². The maximum Gasteiger partial charge on any atom is 0.338 e. The minimum Gasteiger partial charge on any atom is -0.454 e. The van der Waals surface area contributed by atoms with Crippen molar-refractivity contribution in [1.29, 1.82) is 0 Å². The Morgan fingerprint density at radius 1 is 0.696 bits per heavy atom. The summed E-state index contributed by atoms with van der Waals surface area (Å²) in [4.78, 5) is 49.0. The molecule has 0 N–H and O–H groups in total. The van der Waals surface area contributed by atoms with Gasteiger partial charge in [0.2, 0.25) is 5.82 Å². The predicted octanol–water partition coefficient (Wildman–Crippen LogP) is 7.01. The van der Waals surface area contributed by atoms with Gasteiger partial charge < -0.3 is 18.9 Å². The first kappa shape index (κ1) is 35.0. The largest absolute Gasteiger partial charge is 0.454 e. The molecule has 1 atom stereocenters. The van der Waals surface area contributed by atoms with Crippen LogP contribution < -0.4 is 9.47 Å². The zero-order valence-electron chi connectivity index (χ0n) is 25.3. The SMILES string of the molecule is C=C(C)C(=O)OC1=C(c2ccc(OC(=O)C(=C)C)c(F)c2F)CC(OC(=O)C(=C)C)C(c2c(F)cc(OC(=O)C(=C)C)cc2F)=C1. The third-order valence-corrected chi connectivity index (χ3v) is 6.26. The van der Waals surface area contributed by atoms with Crippen LogP contribution in [0, 0.1) is 23.3 Å². The van der Waals surface area contributed by atoms with Crippen LogP contribution in [0.25, 0.3) is 11.1 Å². The van der Waals surface area contributed by atoms with Crippen molar-refractivity contribution >= 4 is 35.0 Å². The Morgan fingerprint density at radius 3 is 1.72 bits per heavy atom. The molecule has 0 saturated heterocycles. The maximum absolute atomic E-state index is 15.5. The molecule has 0 aromatic heterocycles. The van der Waals surface area contributed by atoms with Crippen LogP contribution in [0.2, 0.25) is 0 Å². The number of rotatable bonds is 10. The van der Waals surface area contributed by atoms with E-state index in [1.165, 1.54) is 27.7 Å². The number of halogens is 4. The molecule has 0 saturated carbocycles. The monoisotopic (exact) mass is 640 g/mol. The van der Waals surface area contributed by atoms with Crippen molar-refractivity contribution in [3.05, 3.63) is 119 Å². The third-order valence-electron chi connectivity index (χ3n) is 6.26. The Labute approximate surface area is 261 Å². The molecule has 0 aliphatic heterocycles. The van der Waals surface area contributed by atoms with Crippen LogP contribution in [0.3, 0.4) is 0 Å². The van der Waals surface area contributed by atoms with Crippen LogP contribution in [-0.2, 0) is 28.7 Å². The Bertz CT molecular complexity index is 1770. The third kappa shape index (κ3) is 7.76. The van der Waals surface area contributed by atoms with E-state index in [0.29, 0.717) is 12.1 Å². The van der Waals surface area contributed by atoms with Gasteiger partial charge in [-0.15, -0.1) is 0 Å². The van der Waals surface area contributed by atoms with Gasteiger partial charge in [0.05, 0.1) is 5.56 Å². The molecule has 1 aliphatic rings. The van der Waals surface area contributed by atoms with Crippen molar-refractivity contribution in [3.8, 4) is 11.5 Å². The van der Waals surface area contributed by atoms with Gasteiger partial charge in [0, 0.05) is 57.6 Å². The molecule has 2 aromatic carbocycles. The standard InChI is InChI=1S/C34H28F4O8/c1-15(2)31(39)43-19-11-23(35)28(24(36)12-19)22-14-26(45-33(41)17(5)6)21(13-27(22)46-34(42)18(7)8)20-9-10-25(30(38)29(20)37)44-32(40)16(3)4/h9-12,14,27H,1,3,5,7,13H2,2,4,6,8H3. The van der Waals surface area contributed by atoms with Crippen LogP contribution in [0.15, 0.2) is 84.7 Å². The van der Waals surface area contributed by atoms with E-state index in [-0.39, 0.29) is 33.4 Å². The van der Waals surface area contributed by atoms with Crippen molar-refractivity contribution in [2.45, 2.75) is 40.2 Å². The van der Waals surface area contributed by atoms with Crippen molar-refractivity contribution in [2.75, 3.05) is 0 Å². The molecule has 8 nitrogen and oxygen atoms in total. The van der Waals surface area contributed by atoms with E-state index in [4.69, 9.17) is 18.9 Å². The smallest absolute Gasteiger partial charge is 0.338 e. The second-order valence-corrected chi connectivity index (χ2v) is 10.3. The van der Waals surface area contributed by atoms with E-state index in [9.17, 15) is 19.2 Å². The molecule has 1 aliphatic carbocycles. The second-order valence-electron chi connectivity index (χ2n) is 10.3. The number of hydrogen-bond acceptors (Lipinski definition) is 8. The summed E-state index contributed by atoms with van der Waals surface area (Å²) in [7, 11) is 0.